The number of benzene rings is 2. The first-order valence-corrected chi connectivity index (χ1v) is 10.1. The number of ether oxygens (including phenoxy) is 1. The number of pyridine rings is 1. The van der Waals surface area contributed by atoms with Crippen LogP contribution in [0.1, 0.15) is 37.1 Å². The monoisotopic (exact) mass is 386 g/mol. The Balaban J connectivity index is 1.58. The van der Waals surface area contributed by atoms with Crippen molar-refractivity contribution >= 4 is 16.6 Å². The van der Waals surface area contributed by atoms with Crippen molar-refractivity contribution in [1.29, 1.82) is 5.26 Å². The highest BCUT2D eigenvalue weighted by Crippen LogP contribution is 2.28. The highest BCUT2D eigenvalue weighted by molar-refractivity contribution is 5.91. The third-order valence-electron chi connectivity index (χ3n) is 5.72. The van der Waals surface area contributed by atoms with Crippen LogP contribution in [0, 0.1) is 11.3 Å². The van der Waals surface area contributed by atoms with Crippen LogP contribution in [0.25, 0.3) is 10.9 Å². The van der Waals surface area contributed by atoms with Gasteiger partial charge in [-0.05, 0) is 37.5 Å². The predicted molar refractivity (Wildman–Crippen MR) is 116 cm³/mol. The molecule has 0 radical (unpaired) electrons. The number of nitriles is 1. The second-order valence-corrected chi connectivity index (χ2v) is 7.71. The molecule has 1 saturated heterocycles. The smallest absolute Gasteiger partial charge is 0.143 e. The molecule has 2 N–H and O–H groups in total. The van der Waals surface area contributed by atoms with Crippen molar-refractivity contribution in [3.63, 3.8) is 0 Å². The van der Waals surface area contributed by atoms with E-state index < -0.39 is 0 Å². The SMILES string of the molecule is CC(NC1(CNc2cc(C#N)nc3ccccc23)CCOCC1)c1ccccc1. The summed E-state index contributed by atoms with van der Waals surface area (Å²) in [7, 11) is 0. The number of fused-ring (bicyclic) bond motifs is 1. The van der Waals surface area contributed by atoms with E-state index in [1.165, 1.54) is 5.56 Å². The van der Waals surface area contributed by atoms with Crippen molar-refractivity contribution in [2.24, 2.45) is 0 Å². The van der Waals surface area contributed by atoms with Gasteiger partial charge in [-0.2, -0.15) is 5.26 Å². The standard InChI is InChI=1S/C24H26N4O/c1-18(19-7-3-2-4-8-19)28-24(11-13-29-14-12-24)17-26-23-15-20(16-25)27-22-10-6-5-9-21(22)23/h2-10,15,18,28H,11-14,17H2,1H3,(H,26,27). The lowest BCUT2D eigenvalue weighted by Gasteiger charge is -2.41. The largest absolute Gasteiger partial charge is 0.383 e. The van der Waals surface area contributed by atoms with Crippen LogP contribution in [0.4, 0.5) is 5.69 Å². The predicted octanol–water partition coefficient (Wildman–Crippen LogP) is 4.42. The summed E-state index contributed by atoms with van der Waals surface area (Å²) in [6.07, 6.45) is 1.87. The molecule has 0 aliphatic carbocycles. The number of anilines is 1. The Morgan fingerprint density at radius 2 is 1.83 bits per heavy atom. The second-order valence-electron chi connectivity index (χ2n) is 7.71. The summed E-state index contributed by atoms with van der Waals surface area (Å²) >= 11 is 0. The van der Waals surface area contributed by atoms with E-state index in [1.807, 2.05) is 36.4 Å². The second kappa shape index (κ2) is 8.60. The van der Waals surface area contributed by atoms with Gasteiger partial charge in [0, 0.05) is 42.4 Å². The van der Waals surface area contributed by atoms with Crippen molar-refractivity contribution in [3.05, 3.63) is 71.9 Å². The molecule has 0 saturated carbocycles. The Morgan fingerprint density at radius 1 is 1.10 bits per heavy atom. The van der Waals surface area contributed by atoms with Crippen molar-refractivity contribution < 1.29 is 4.74 Å². The van der Waals surface area contributed by atoms with Crippen LogP contribution in [-0.2, 0) is 4.74 Å². The maximum Gasteiger partial charge on any atom is 0.143 e. The zero-order chi connectivity index (χ0) is 20.1. The van der Waals surface area contributed by atoms with Crippen LogP contribution in [0.2, 0.25) is 0 Å². The van der Waals surface area contributed by atoms with Gasteiger partial charge < -0.3 is 15.4 Å². The molecule has 0 bridgehead atoms. The van der Waals surface area contributed by atoms with E-state index in [9.17, 15) is 5.26 Å². The van der Waals surface area contributed by atoms with E-state index in [2.05, 4.69) is 52.9 Å². The summed E-state index contributed by atoms with van der Waals surface area (Å²) in [4.78, 5) is 4.42. The molecule has 3 aromatic rings. The summed E-state index contributed by atoms with van der Waals surface area (Å²) in [6.45, 7) is 4.46. The van der Waals surface area contributed by atoms with E-state index in [1.54, 1.807) is 0 Å². The molecule has 1 aliphatic rings. The fourth-order valence-electron chi connectivity index (χ4n) is 4.06. The molecule has 0 spiro atoms. The number of aromatic nitrogens is 1. The minimum Gasteiger partial charge on any atom is -0.383 e. The number of hydrogen-bond acceptors (Lipinski definition) is 5. The Kier molecular flexibility index (Phi) is 5.75. The van der Waals surface area contributed by atoms with Gasteiger partial charge in [-0.15, -0.1) is 0 Å². The van der Waals surface area contributed by atoms with Crippen LogP contribution < -0.4 is 10.6 Å². The summed E-state index contributed by atoms with van der Waals surface area (Å²) < 4.78 is 5.65. The zero-order valence-electron chi connectivity index (χ0n) is 16.7. The van der Waals surface area contributed by atoms with Crippen LogP contribution in [0.5, 0.6) is 0 Å². The van der Waals surface area contributed by atoms with Gasteiger partial charge >= 0.3 is 0 Å². The van der Waals surface area contributed by atoms with Crippen LogP contribution >= 0.6 is 0 Å². The number of nitrogens with one attached hydrogen (secondary N) is 2. The van der Waals surface area contributed by atoms with Gasteiger partial charge in [-0.25, -0.2) is 4.98 Å². The zero-order valence-corrected chi connectivity index (χ0v) is 16.7. The van der Waals surface area contributed by atoms with Crippen molar-refractivity contribution in [2.45, 2.75) is 31.3 Å². The maximum absolute atomic E-state index is 9.36. The minimum absolute atomic E-state index is 0.0787. The number of hydrogen-bond donors (Lipinski definition) is 2. The van der Waals surface area contributed by atoms with Crippen molar-refractivity contribution in [3.8, 4) is 6.07 Å². The Labute approximate surface area is 171 Å². The molecule has 5 nitrogen and oxygen atoms in total. The molecule has 0 amide bonds. The summed E-state index contributed by atoms with van der Waals surface area (Å²) in [5.74, 6) is 0. The molecule has 4 rings (SSSR count). The van der Waals surface area contributed by atoms with E-state index in [0.717, 1.165) is 49.2 Å². The van der Waals surface area contributed by atoms with Gasteiger partial charge in [-0.1, -0.05) is 48.5 Å². The number of para-hydroxylation sites is 1. The minimum atomic E-state index is -0.0787. The molecule has 2 aromatic carbocycles. The molecule has 148 valence electrons. The lowest BCUT2D eigenvalue weighted by Crippen LogP contribution is -2.54. The topological polar surface area (TPSA) is 70.0 Å². The van der Waals surface area contributed by atoms with Gasteiger partial charge in [0.1, 0.15) is 11.8 Å². The third-order valence-corrected chi connectivity index (χ3v) is 5.72. The van der Waals surface area contributed by atoms with Crippen LogP contribution in [-0.4, -0.2) is 30.3 Å². The normalized spacial score (nSPS) is 16.8. The average molecular weight is 386 g/mol. The Hall–Kier alpha value is -2.94. The lowest BCUT2D eigenvalue weighted by molar-refractivity contribution is 0.0389. The van der Waals surface area contributed by atoms with Gasteiger partial charge in [0.05, 0.1) is 5.52 Å². The number of rotatable bonds is 6. The maximum atomic E-state index is 9.36. The highest BCUT2D eigenvalue weighted by Gasteiger charge is 2.34. The van der Waals surface area contributed by atoms with E-state index in [0.29, 0.717) is 5.69 Å². The quantitative estimate of drug-likeness (QED) is 0.656. The molecule has 1 aromatic heterocycles. The van der Waals surface area contributed by atoms with Gasteiger partial charge in [0.2, 0.25) is 0 Å². The Morgan fingerprint density at radius 3 is 2.59 bits per heavy atom. The van der Waals surface area contributed by atoms with Gasteiger partial charge in [0.25, 0.3) is 0 Å². The van der Waals surface area contributed by atoms with Gasteiger partial charge in [-0.3, -0.25) is 0 Å². The third kappa shape index (κ3) is 4.40. The van der Waals surface area contributed by atoms with Crippen molar-refractivity contribution in [2.75, 3.05) is 25.1 Å². The molecular formula is C24H26N4O. The number of nitrogens with zero attached hydrogens (tertiary/aromatic N) is 2. The van der Waals surface area contributed by atoms with E-state index >= 15 is 0 Å². The molecule has 1 atom stereocenters. The molecule has 2 heterocycles. The summed E-state index contributed by atoms with van der Waals surface area (Å²) in [5.41, 5.74) is 3.41. The van der Waals surface area contributed by atoms with Crippen LogP contribution in [0.15, 0.2) is 60.7 Å². The molecule has 1 fully saturated rings. The Bertz CT molecular complexity index is 1010. The molecule has 5 heteroatoms. The first-order chi connectivity index (χ1) is 14.2. The first-order valence-electron chi connectivity index (χ1n) is 10.1. The average Bonchev–Trinajstić information content (AvgIpc) is 2.78. The fraction of sp³-hybridized carbons (Fsp3) is 0.333. The lowest BCUT2D eigenvalue weighted by atomic mass is 9.88. The van der Waals surface area contributed by atoms with Crippen LogP contribution in [0.3, 0.4) is 0 Å². The first kappa shape index (κ1) is 19.4. The van der Waals surface area contributed by atoms with E-state index in [4.69, 9.17) is 4.74 Å². The summed E-state index contributed by atoms with van der Waals surface area (Å²) in [6, 6.07) is 22.7. The fourth-order valence-corrected chi connectivity index (χ4v) is 4.06. The summed E-state index contributed by atoms with van der Waals surface area (Å²) in [5, 5.41) is 17.9. The molecular weight excluding hydrogens is 360 g/mol. The highest BCUT2D eigenvalue weighted by atomic mass is 16.5. The molecule has 1 unspecified atom stereocenters. The van der Waals surface area contributed by atoms with E-state index in [-0.39, 0.29) is 11.6 Å². The van der Waals surface area contributed by atoms with Crippen molar-refractivity contribution in [1.82, 2.24) is 10.3 Å². The van der Waals surface area contributed by atoms with Gasteiger partial charge in [0.15, 0.2) is 0 Å². The molecule has 29 heavy (non-hydrogen) atoms. The molecule has 1 aliphatic heterocycles.